The zero-order chi connectivity index (χ0) is 15.0. The van der Waals surface area contributed by atoms with Crippen molar-refractivity contribution in [2.75, 3.05) is 5.73 Å². The Bertz CT molecular complexity index is 848. The molecule has 1 heterocycles. The van der Waals surface area contributed by atoms with Crippen molar-refractivity contribution in [1.82, 2.24) is 4.98 Å². The van der Waals surface area contributed by atoms with Crippen molar-refractivity contribution < 1.29 is 13.0 Å². The molecule has 1 aromatic heterocycles. The number of aromatic nitrogens is 1. The van der Waals surface area contributed by atoms with Crippen molar-refractivity contribution in [3.8, 4) is 0 Å². The van der Waals surface area contributed by atoms with Crippen LogP contribution in [0.3, 0.4) is 0 Å². The predicted molar refractivity (Wildman–Crippen MR) is 80.5 cm³/mol. The standard InChI is InChI=1S/C14H10F2N2OS2/c15-9-1-3-11(16)8(5-9)7-21(19)14-18-12-4-2-10(17)6-13(12)20-14/h1-6H,7,17H2. The van der Waals surface area contributed by atoms with E-state index in [4.69, 9.17) is 5.73 Å². The van der Waals surface area contributed by atoms with Crippen LogP contribution in [0.2, 0.25) is 0 Å². The number of fused-ring (bicyclic) bond motifs is 1. The number of nitrogens with two attached hydrogens (primary N) is 1. The maximum atomic E-state index is 13.6. The van der Waals surface area contributed by atoms with E-state index in [1.54, 1.807) is 18.2 Å². The van der Waals surface area contributed by atoms with Gasteiger partial charge < -0.3 is 5.73 Å². The molecule has 108 valence electrons. The summed E-state index contributed by atoms with van der Waals surface area (Å²) in [5, 5.41) is 0. The van der Waals surface area contributed by atoms with Crippen LogP contribution >= 0.6 is 11.3 Å². The highest BCUT2D eigenvalue weighted by molar-refractivity contribution is 7.86. The van der Waals surface area contributed by atoms with E-state index in [1.165, 1.54) is 11.3 Å². The molecule has 0 amide bonds. The van der Waals surface area contributed by atoms with Crippen LogP contribution in [0.25, 0.3) is 10.2 Å². The van der Waals surface area contributed by atoms with Gasteiger partial charge in [0, 0.05) is 11.3 Å². The average molecular weight is 324 g/mol. The van der Waals surface area contributed by atoms with Gasteiger partial charge in [-0.3, -0.25) is 4.21 Å². The molecule has 0 fully saturated rings. The van der Waals surface area contributed by atoms with Crippen LogP contribution in [-0.2, 0) is 16.6 Å². The topological polar surface area (TPSA) is 56.0 Å². The van der Waals surface area contributed by atoms with Crippen molar-refractivity contribution in [1.29, 1.82) is 0 Å². The second-order valence-electron chi connectivity index (χ2n) is 4.43. The van der Waals surface area contributed by atoms with Gasteiger partial charge in [-0.15, -0.1) is 11.3 Å². The minimum Gasteiger partial charge on any atom is -0.399 e. The lowest BCUT2D eigenvalue weighted by atomic mass is 10.2. The lowest BCUT2D eigenvalue weighted by Gasteiger charge is -2.01. The fourth-order valence-corrected chi connectivity index (χ4v) is 4.26. The summed E-state index contributed by atoms with van der Waals surface area (Å²) < 4.78 is 40.2. The molecular weight excluding hydrogens is 314 g/mol. The number of nitrogen functional groups attached to an aromatic ring is 1. The number of halogens is 2. The molecule has 3 nitrogen and oxygen atoms in total. The van der Waals surface area contributed by atoms with Crippen LogP contribution in [0.4, 0.5) is 14.5 Å². The Labute approximate surface area is 125 Å². The number of anilines is 1. The van der Waals surface area contributed by atoms with Gasteiger partial charge in [-0.1, -0.05) is 0 Å². The lowest BCUT2D eigenvalue weighted by molar-refractivity contribution is 0.590. The second-order valence-corrected chi connectivity index (χ2v) is 7.09. The molecule has 0 saturated heterocycles. The molecule has 0 spiro atoms. The van der Waals surface area contributed by atoms with Crippen molar-refractivity contribution >= 4 is 38.0 Å². The number of rotatable bonds is 3. The van der Waals surface area contributed by atoms with Gasteiger partial charge in [0.2, 0.25) is 0 Å². The van der Waals surface area contributed by atoms with Crippen LogP contribution < -0.4 is 5.73 Å². The SMILES string of the molecule is Nc1ccc2nc(S(=O)Cc3cc(F)ccc3F)sc2c1. The molecule has 0 saturated carbocycles. The third kappa shape index (κ3) is 2.93. The fourth-order valence-electron chi connectivity index (χ4n) is 1.87. The summed E-state index contributed by atoms with van der Waals surface area (Å²) in [6.45, 7) is 0. The molecule has 3 rings (SSSR count). The number of benzene rings is 2. The van der Waals surface area contributed by atoms with Crippen LogP contribution in [0.15, 0.2) is 40.7 Å². The van der Waals surface area contributed by atoms with Crippen molar-refractivity contribution in [2.45, 2.75) is 10.1 Å². The Morgan fingerprint density at radius 3 is 2.81 bits per heavy atom. The Kier molecular flexibility index (Phi) is 3.69. The molecule has 21 heavy (non-hydrogen) atoms. The molecule has 0 bridgehead atoms. The van der Waals surface area contributed by atoms with Gasteiger partial charge in [-0.05, 0) is 36.4 Å². The third-order valence-electron chi connectivity index (χ3n) is 2.88. The van der Waals surface area contributed by atoms with E-state index in [0.29, 0.717) is 15.5 Å². The smallest absolute Gasteiger partial charge is 0.182 e. The highest BCUT2D eigenvalue weighted by Crippen LogP contribution is 2.27. The van der Waals surface area contributed by atoms with Gasteiger partial charge in [-0.2, -0.15) is 0 Å². The summed E-state index contributed by atoms with van der Waals surface area (Å²) in [6.07, 6.45) is 0. The summed E-state index contributed by atoms with van der Waals surface area (Å²) in [4.78, 5) is 4.25. The van der Waals surface area contributed by atoms with E-state index in [2.05, 4.69) is 4.98 Å². The molecule has 1 atom stereocenters. The molecule has 3 aromatic rings. The minimum absolute atomic E-state index is 0.0760. The zero-order valence-electron chi connectivity index (χ0n) is 10.7. The highest BCUT2D eigenvalue weighted by Gasteiger charge is 2.14. The molecule has 0 aliphatic rings. The monoisotopic (exact) mass is 324 g/mol. The summed E-state index contributed by atoms with van der Waals surface area (Å²) in [6, 6.07) is 8.31. The van der Waals surface area contributed by atoms with Crippen molar-refractivity contribution in [3.63, 3.8) is 0 Å². The summed E-state index contributed by atoms with van der Waals surface area (Å²) in [5.41, 5.74) is 7.05. The Balaban J connectivity index is 1.91. The van der Waals surface area contributed by atoms with E-state index in [9.17, 15) is 13.0 Å². The molecule has 7 heteroatoms. The van der Waals surface area contributed by atoms with E-state index in [1.807, 2.05) is 0 Å². The average Bonchev–Trinajstić information content (AvgIpc) is 2.86. The first-order chi connectivity index (χ1) is 10.0. The van der Waals surface area contributed by atoms with E-state index >= 15 is 0 Å². The first-order valence-electron chi connectivity index (χ1n) is 6.01. The molecule has 0 radical (unpaired) electrons. The van der Waals surface area contributed by atoms with Crippen LogP contribution in [0.1, 0.15) is 5.56 Å². The number of hydrogen-bond acceptors (Lipinski definition) is 4. The van der Waals surface area contributed by atoms with Crippen molar-refractivity contribution in [3.05, 3.63) is 53.6 Å². The largest absolute Gasteiger partial charge is 0.399 e. The number of thiazole rings is 1. The predicted octanol–water partition coefficient (Wildman–Crippen LogP) is 3.46. The summed E-state index contributed by atoms with van der Waals surface area (Å²) in [5.74, 6) is -1.24. The summed E-state index contributed by atoms with van der Waals surface area (Å²) >= 11 is 1.24. The molecule has 2 aromatic carbocycles. The van der Waals surface area contributed by atoms with Gasteiger partial charge in [0.1, 0.15) is 11.6 Å². The van der Waals surface area contributed by atoms with Crippen LogP contribution in [0.5, 0.6) is 0 Å². The number of hydrogen-bond donors (Lipinski definition) is 1. The fraction of sp³-hybridized carbons (Fsp3) is 0.0714. The molecule has 0 aliphatic heterocycles. The molecule has 2 N–H and O–H groups in total. The Hall–Kier alpha value is -1.86. The third-order valence-corrected chi connectivity index (χ3v) is 5.56. The van der Waals surface area contributed by atoms with Gasteiger partial charge >= 0.3 is 0 Å². The quantitative estimate of drug-likeness (QED) is 0.751. The molecular formula is C14H10F2N2OS2. The zero-order valence-corrected chi connectivity index (χ0v) is 12.3. The van der Waals surface area contributed by atoms with Gasteiger partial charge in [0.15, 0.2) is 4.34 Å². The van der Waals surface area contributed by atoms with Crippen LogP contribution in [0, 0.1) is 11.6 Å². The Morgan fingerprint density at radius 1 is 1.19 bits per heavy atom. The first kappa shape index (κ1) is 14.1. The highest BCUT2D eigenvalue weighted by atomic mass is 32.2. The van der Waals surface area contributed by atoms with E-state index < -0.39 is 22.4 Å². The first-order valence-corrected chi connectivity index (χ1v) is 8.15. The maximum absolute atomic E-state index is 13.6. The number of nitrogens with zero attached hydrogens (tertiary/aromatic N) is 1. The van der Waals surface area contributed by atoms with Gasteiger partial charge in [0.25, 0.3) is 0 Å². The van der Waals surface area contributed by atoms with Crippen molar-refractivity contribution in [2.24, 2.45) is 0 Å². The minimum atomic E-state index is -1.53. The van der Waals surface area contributed by atoms with Gasteiger partial charge in [-0.25, -0.2) is 13.8 Å². The van der Waals surface area contributed by atoms with E-state index in [0.717, 1.165) is 22.9 Å². The Morgan fingerprint density at radius 2 is 2.00 bits per heavy atom. The molecule has 1 unspecified atom stereocenters. The van der Waals surface area contributed by atoms with Gasteiger partial charge in [0.05, 0.1) is 26.8 Å². The summed E-state index contributed by atoms with van der Waals surface area (Å²) in [7, 11) is -1.53. The van der Waals surface area contributed by atoms with E-state index in [-0.39, 0.29) is 11.3 Å². The second kappa shape index (κ2) is 5.50. The molecule has 0 aliphatic carbocycles. The normalized spacial score (nSPS) is 12.7. The lowest BCUT2D eigenvalue weighted by Crippen LogP contribution is -1.99. The van der Waals surface area contributed by atoms with Crippen LogP contribution in [-0.4, -0.2) is 9.19 Å². The maximum Gasteiger partial charge on any atom is 0.182 e.